The second kappa shape index (κ2) is 8.49. The van der Waals surface area contributed by atoms with Crippen LogP contribution in [-0.4, -0.2) is 42.0 Å². The fourth-order valence-corrected chi connectivity index (χ4v) is 3.80. The summed E-state index contributed by atoms with van der Waals surface area (Å²) in [6, 6.07) is 9.69. The molecule has 0 aliphatic carbocycles. The average Bonchev–Trinajstić information content (AvgIpc) is 2.68. The van der Waals surface area contributed by atoms with Crippen LogP contribution in [0, 0.1) is 25.2 Å². The van der Waals surface area contributed by atoms with Crippen LogP contribution in [0.1, 0.15) is 28.8 Å². The zero-order valence-corrected chi connectivity index (χ0v) is 16.8. The van der Waals surface area contributed by atoms with Crippen molar-refractivity contribution in [3.63, 3.8) is 0 Å². The van der Waals surface area contributed by atoms with Gasteiger partial charge in [-0.2, -0.15) is 5.26 Å². The van der Waals surface area contributed by atoms with Crippen LogP contribution in [0.2, 0.25) is 5.02 Å². The van der Waals surface area contributed by atoms with Crippen molar-refractivity contribution in [1.29, 1.82) is 5.26 Å². The van der Waals surface area contributed by atoms with E-state index in [1.165, 1.54) is 0 Å². The van der Waals surface area contributed by atoms with Gasteiger partial charge in [0.05, 0.1) is 0 Å². The Bertz CT molecular complexity index is 968. The van der Waals surface area contributed by atoms with E-state index in [0.29, 0.717) is 36.5 Å². The number of aryl methyl sites for hydroxylation is 1. The van der Waals surface area contributed by atoms with Crippen LogP contribution in [0.25, 0.3) is 0 Å². The van der Waals surface area contributed by atoms with E-state index in [0.717, 1.165) is 30.0 Å². The molecule has 1 fully saturated rings. The van der Waals surface area contributed by atoms with E-state index >= 15 is 0 Å². The van der Waals surface area contributed by atoms with Gasteiger partial charge in [0.25, 0.3) is 5.56 Å². The molecule has 2 aromatic rings. The second-order valence-corrected chi connectivity index (χ2v) is 7.45. The summed E-state index contributed by atoms with van der Waals surface area (Å²) in [5.41, 5.74) is 3.14. The van der Waals surface area contributed by atoms with Crippen LogP contribution < -0.4 is 10.5 Å². The molecule has 7 heteroatoms. The summed E-state index contributed by atoms with van der Waals surface area (Å²) in [5.74, 6) is 0.0965. The Hall–Kier alpha value is -2.78. The maximum absolute atomic E-state index is 12.7. The highest BCUT2D eigenvalue weighted by Crippen LogP contribution is 2.20. The number of nitrogens with one attached hydrogen (secondary N) is 1. The summed E-state index contributed by atoms with van der Waals surface area (Å²) in [5, 5.41) is 9.89. The number of carbonyl (C=O) groups excluding carboxylic acids is 1. The fraction of sp³-hybridized carbons (Fsp3) is 0.381. The number of hydrogen-bond donors (Lipinski definition) is 1. The molecule has 1 N–H and O–H groups in total. The third-order valence-corrected chi connectivity index (χ3v) is 5.59. The van der Waals surface area contributed by atoms with Crippen molar-refractivity contribution in [2.45, 2.75) is 26.7 Å². The minimum Gasteiger partial charge on any atom is -0.368 e. The molecule has 6 nitrogen and oxygen atoms in total. The van der Waals surface area contributed by atoms with Gasteiger partial charge in [-0.15, -0.1) is 0 Å². The van der Waals surface area contributed by atoms with Crippen LogP contribution in [0.4, 0.5) is 5.69 Å². The number of H-pyrrole nitrogens is 1. The van der Waals surface area contributed by atoms with Crippen LogP contribution >= 0.6 is 11.6 Å². The number of hydrogen-bond acceptors (Lipinski definition) is 4. The fourth-order valence-electron chi connectivity index (χ4n) is 3.68. The van der Waals surface area contributed by atoms with E-state index in [-0.39, 0.29) is 17.0 Å². The second-order valence-electron chi connectivity index (χ2n) is 7.01. The molecule has 1 amide bonds. The molecule has 1 aromatic heterocycles. The van der Waals surface area contributed by atoms with Gasteiger partial charge in [-0.3, -0.25) is 9.59 Å². The van der Waals surface area contributed by atoms with Gasteiger partial charge in [-0.25, -0.2) is 0 Å². The molecular weight excluding hydrogens is 376 g/mol. The number of nitrogens with zero attached hydrogens (tertiary/aromatic N) is 3. The number of piperazine rings is 1. The van der Waals surface area contributed by atoms with Crippen molar-refractivity contribution >= 4 is 23.2 Å². The summed E-state index contributed by atoms with van der Waals surface area (Å²) < 4.78 is 0. The zero-order valence-electron chi connectivity index (χ0n) is 16.1. The largest absolute Gasteiger partial charge is 0.368 e. The number of amides is 1. The summed E-state index contributed by atoms with van der Waals surface area (Å²) in [7, 11) is 0. The molecule has 28 heavy (non-hydrogen) atoms. The van der Waals surface area contributed by atoms with E-state index in [1.54, 1.807) is 13.8 Å². The molecule has 1 aliphatic heterocycles. The standard InChI is InChI=1S/C21H23ClN4O2/c1-14-18(15(2)24-21(28)19(14)13-23)7-8-20(27)26-11-9-25(10-12-26)17-5-3-16(22)4-6-17/h3-6H,7-12H2,1-2H3,(H,24,28). The first-order valence-electron chi connectivity index (χ1n) is 9.31. The highest BCUT2D eigenvalue weighted by atomic mass is 35.5. The topological polar surface area (TPSA) is 80.2 Å². The molecule has 0 bridgehead atoms. The third kappa shape index (κ3) is 4.20. The van der Waals surface area contributed by atoms with Crippen molar-refractivity contribution in [1.82, 2.24) is 9.88 Å². The molecule has 0 atom stereocenters. The van der Waals surface area contributed by atoms with Crippen molar-refractivity contribution in [2.75, 3.05) is 31.1 Å². The number of carbonyl (C=O) groups is 1. The smallest absolute Gasteiger partial charge is 0.266 e. The Kier molecular flexibility index (Phi) is 6.05. The Balaban J connectivity index is 1.59. The first kappa shape index (κ1) is 20.0. The molecule has 1 aliphatic rings. The summed E-state index contributed by atoms with van der Waals surface area (Å²) in [4.78, 5) is 31.3. The van der Waals surface area contributed by atoms with Crippen LogP contribution in [-0.2, 0) is 11.2 Å². The quantitative estimate of drug-likeness (QED) is 0.858. The molecule has 0 spiro atoms. The number of pyridine rings is 1. The van der Waals surface area contributed by atoms with Gasteiger partial charge in [-0.1, -0.05) is 11.6 Å². The average molecular weight is 399 g/mol. The van der Waals surface area contributed by atoms with E-state index < -0.39 is 0 Å². The lowest BCUT2D eigenvalue weighted by Crippen LogP contribution is -2.48. The number of rotatable bonds is 4. The Morgan fingerprint density at radius 3 is 2.43 bits per heavy atom. The van der Waals surface area contributed by atoms with Crippen molar-refractivity contribution in [3.8, 4) is 6.07 Å². The molecular formula is C21H23ClN4O2. The summed E-state index contributed by atoms with van der Waals surface area (Å²) in [6.45, 7) is 6.49. The predicted molar refractivity (Wildman–Crippen MR) is 110 cm³/mol. The number of benzene rings is 1. The van der Waals surface area contributed by atoms with Crippen LogP contribution in [0.15, 0.2) is 29.1 Å². The molecule has 0 unspecified atom stereocenters. The van der Waals surface area contributed by atoms with Crippen molar-refractivity contribution < 1.29 is 4.79 Å². The molecule has 0 radical (unpaired) electrons. The lowest BCUT2D eigenvalue weighted by atomic mass is 9.99. The third-order valence-electron chi connectivity index (χ3n) is 5.33. The maximum Gasteiger partial charge on any atom is 0.266 e. The Morgan fingerprint density at radius 2 is 1.82 bits per heavy atom. The molecule has 146 valence electrons. The number of nitriles is 1. The summed E-state index contributed by atoms with van der Waals surface area (Å²) >= 11 is 5.94. The highest BCUT2D eigenvalue weighted by molar-refractivity contribution is 6.30. The van der Waals surface area contributed by atoms with Gasteiger partial charge in [0.2, 0.25) is 5.91 Å². The monoisotopic (exact) mass is 398 g/mol. The molecule has 1 saturated heterocycles. The molecule has 0 saturated carbocycles. The predicted octanol–water partition coefficient (Wildman–Crippen LogP) is 2.80. The Morgan fingerprint density at radius 1 is 1.18 bits per heavy atom. The first-order valence-corrected chi connectivity index (χ1v) is 9.69. The van der Waals surface area contributed by atoms with Gasteiger partial charge in [-0.05, 0) is 55.7 Å². The number of anilines is 1. The van der Waals surface area contributed by atoms with Crippen molar-refractivity contribution in [2.24, 2.45) is 0 Å². The van der Waals surface area contributed by atoms with Crippen molar-refractivity contribution in [3.05, 3.63) is 62.0 Å². The van der Waals surface area contributed by atoms with E-state index in [2.05, 4.69) is 9.88 Å². The van der Waals surface area contributed by atoms with E-state index in [4.69, 9.17) is 11.6 Å². The van der Waals surface area contributed by atoms with Crippen LogP contribution in [0.3, 0.4) is 0 Å². The lowest BCUT2D eigenvalue weighted by molar-refractivity contribution is -0.131. The highest BCUT2D eigenvalue weighted by Gasteiger charge is 2.22. The number of halogens is 1. The Labute approximate surface area is 169 Å². The number of aromatic amines is 1. The van der Waals surface area contributed by atoms with E-state index in [9.17, 15) is 14.9 Å². The maximum atomic E-state index is 12.7. The first-order chi connectivity index (χ1) is 13.4. The molecule has 1 aromatic carbocycles. The van der Waals surface area contributed by atoms with Gasteiger partial charge >= 0.3 is 0 Å². The zero-order chi connectivity index (χ0) is 20.3. The van der Waals surface area contributed by atoms with E-state index in [1.807, 2.05) is 35.2 Å². The van der Waals surface area contributed by atoms with Gasteiger partial charge < -0.3 is 14.8 Å². The van der Waals surface area contributed by atoms with Gasteiger partial charge in [0.15, 0.2) is 0 Å². The summed E-state index contributed by atoms with van der Waals surface area (Å²) in [6.07, 6.45) is 0.874. The van der Waals surface area contributed by atoms with Crippen LogP contribution in [0.5, 0.6) is 0 Å². The van der Waals surface area contributed by atoms with Gasteiger partial charge in [0.1, 0.15) is 11.6 Å². The minimum atomic E-state index is -0.370. The lowest BCUT2D eigenvalue weighted by Gasteiger charge is -2.36. The molecule has 3 rings (SSSR count). The normalized spacial score (nSPS) is 14.1. The SMILES string of the molecule is Cc1[nH]c(=O)c(C#N)c(C)c1CCC(=O)N1CCN(c2ccc(Cl)cc2)CC1. The molecule has 2 heterocycles. The minimum absolute atomic E-state index is 0.0965. The van der Waals surface area contributed by atoms with Gasteiger partial charge in [0, 0.05) is 49.0 Å². The number of aromatic nitrogens is 1.